The Balaban J connectivity index is 1.77. The van der Waals surface area contributed by atoms with Crippen LogP contribution in [0.1, 0.15) is 22.8 Å². The van der Waals surface area contributed by atoms with Crippen molar-refractivity contribution in [3.8, 4) is 11.5 Å². The summed E-state index contributed by atoms with van der Waals surface area (Å²) in [5, 5.41) is 1.58. The van der Waals surface area contributed by atoms with Gasteiger partial charge in [-0.3, -0.25) is 15.0 Å². The van der Waals surface area contributed by atoms with Gasteiger partial charge >= 0.3 is 0 Å². The third-order valence-electron chi connectivity index (χ3n) is 3.90. The zero-order valence-corrected chi connectivity index (χ0v) is 18.0. The number of hydrazine groups is 1. The van der Waals surface area contributed by atoms with E-state index in [1.807, 2.05) is 13.0 Å². The second-order valence-electron chi connectivity index (χ2n) is 5.81. The number of benzene rings is 2. The van der Waals surface area contributed by atoms with Gasteiger partial charge in [-0.2, -0.15) is 5.01 Å². The summed E-state index contributed by atoms with van der Waals surface area (Å²) >= 11 is 12.2. The lowest BCUT2D eigenvalue weighted by molar-refractivity contribution is -0.123. The molecule has 1 fully saturated rings. The Morgan fingerprint density at radius 3 is 2.62 bits per heavy atom. The number of hydrogen-bond acceptors (Lipinski definition) is 6. The molecule has 1 saturated heterocycles. The van der Waals surface area contributed by atoms with Gasteiger partial charge in [-0.1, -0.05) is 29.4 Å². The Kier molecular flexibility index (Phi) is 6.79. The molecule has 0 spiro atoms. The first-order valence-corrected chi connectivity index (χ1v) is 10.2. The summed E-state index contributed by atoms with van der Waals surface area (Å²) in [5.41, 5.74) is 3.64. The number of hydrogen-bond donors (Lipinski definition) is 1. The molecule has 0 aromatic heterocycles. The molecule has 6 nitrogen and oxygen atoms in total. The van der Waals surface area contributed by atoms with Gasteiger partial charge in [0.15, 0.2) is 15.8 Å². The first-order chi connectivity index (χ1) is 13.9. The quantitative estimate of drug-likeness (QED) is 0.525. The largest absolute Gasteiger partial charge is 0.493 e. The van der Waals surface area contributed by atoms with E-state index in [0.29, 0.717) is 33.6 Å². The Bertz CT molecular complexity index is 992. The minimum atomic E-state index is -0.457. The molecule has 3 rings (SSSR count). The molecule has 0 atom stereocenters. The van der Waals surface area contributed by atoms with Crippen LogP contribution < -0.4 is 14.9 Å². The fraction of sp³-hybridized carbons (Fsp3) is 0.150. The van der Waals surface area contributed by atoms with E-state index < -0.39 is 11.8 Å². The third-order valence-corrected chi connectivity index (χ3v) is 5.45. The molecule has 2 amide bonds. The molecule has 0 aliphatic carbocycles. The standard InChI is InChI=1S/C20H17ClN2O4S2/c1-3-27-15-9-4-12(10-16(15)26-2)11-17-19(25)23(20(28)29-17)22-18(24)13-5-7-14(21)8-6-13/h4-11H,3H2,1-2H3,(H,22,24)/b17-11-. The minimum Gasteiger partial charge on any atom is -0.493 e. The summed E-state index contributed by atoms with van der Waals surface area (Å²) in [5.74, 6) is 0.319. The van der Waals surface area contributed by atoms with E-state index in [9.17, 15) is 9.59 Å². The van der Waals surface area contributed by atoms with Gasteiger partial charge in [-0.15, -0.1) is 0 Å². The van der Waals surface area contributed by atoms with Gasteiger partial charge in [0, 0.05) is 10.6 Å². The van der Waals surface area contributed by atoms with Crippen molar-refractivity contribution < 1.29 is 19.1 Å². The van der Waals surface area contributed by atoms with Crippen molar-refractivity contribution in [3.63, 3.8) is 0 Å². The van der Waals surface area contributed by atoms with E-state index in [1.165, 1.54) is 0 Å². The van der Waals surface area contributed by atoms with Crippen molar-refractivity contribution >= 4 is 57.8 Å². The summed E-state index contributed by atoms with van der Waals surface area (Å²) < 4.78 is 11.1. The van der Waals surface area contributed by atoms with E-state index in [4.69, 9.17) is 33.3 Å². The molecule has 29 heavy (non-hydrogen) atoms. The second kappa shape index (κ2) is 9.30. The molecule has 1 aliphatic heterocycles. The van der Waals surface area contributed by atoms with Crippen LogP contribution in [0.5, 0.6) is 11.5 Å². The van der Waals surface area contributed by atoms with Gasteiger partial charge in [0.2, 0.25) is 0 Å². The zero-order valence-electron chi connectivity index (χ0n) is 15.6. The monoisotopic (exact) mass is 448 g/mol. The molecule has 2 aromatic rings. The van der Waals surface area contributed by atoms with Crippen LogP contribution >= 0.6 is 35.6 Å². The first-order valence-electron chi connectivity index (χ1n) is 8.58. The van der Waals surface area contributed by atoms with Crippen molar-refractivity contribution in [1.82, 2.24) is 10.4 Å². The van der Waals surface area contributed by atoms with E-state index in [0.717, 1.165) is 22.3 Å². The smallest absolute Gasteiger partial charge is 0.285 e. The van der Waals surface area contributed by atoms with Gasteiger partial charge in [0.05, 0.1) is 18.6 Å². The molecule has 0 saturated carbocycles. The Morgan fingerprint density at radius 2 is 1.97 bits per heavy atom. The summed E-state index contributed by atoms with van der Waals surface area (Å²) in [6, 6.07) is 11.7. The number of ether oxygens (including phenoxy) is 2. The van der Waals surface area contributed by atoms with E-state index >= 15 is 0 Å². The molecular formula is C20H17ClN2O4S2. The Morgan fingerprint density at radius 1 is 1.24 bits per heavy atom. The summed E-state index contributed by atoms with van der Waals surface area (Å²) in [6.07, 6.45) is 1.69. The molecule has 0 unspecified atom stereocenters. The van der Waals surface area contributed by atoms with Crippen molar-refractivity contribution in [1.29, 1.82) is 0 Å². The Labute approximate surface area is 182 Å². The number of amides is 2. The molecule has 9 heteroatoms. The van der Waals surface area contributed by atoms with Crippen LogP contribution in [0.3, 0.4) is 0 Å². The average Bonchev–Trinajstić information content (AvgIpc) is 2.97. The number of thioether (sulfide) groups is 1. The molecule has 0 radical (unpaired) electrons. The highest BCUT2D eigenvalue weighted by molar-refractivity contribution is 8.26. The Hall–Kier alpha value is -2.55. The molecule has 1 N–H and O–H groups in total. The molecular weight excluding hydrogens is 432 g/mol. The fourth-order valence-electron chi connectivity index (χ4n) is 2.53. The number of nitrogens with zero attached hydrogens (tertiary/aromatic N) is 1. The zero-order chi connectivity index (χ0) is 21.0. The predicted octanol–water partition coefficient (Wildman–Crippen LogP) is 4.29. The van der Waals surface area contributed by atoms with Crippen molar-refractivity contribution in [3.05, 3.63) is 63.5 Å². The van der Waals surface area contributed by atoms with Gasteiger partial charge in [-0.25, -0.2) is 0 Å². The van der Waals surface area contributed by atoms with Crippen molar-refractivity contribution in [2.75, 3.05) is 13.7 Å². The summed E-state index contributed by atoms with van der Waals surface area (Å²) in [6.45, 7) is 2.40. The van der Waals surface area contributed by atoms with Crippen LogP contribution in [-0.2, 0) is 4.79 Å². The number of carbonyl (C=O) groups is 2. The van der Waals surface area contributed by atoms with Crippen LogP contribution in [0, 0.1) is 0 Å². The van der Waals surface area contributed by atoms with Crippen LogP contribution in [0.4, 0.5) is 0 Å². The summed E-state index contributed by atoms with van der Waals surface area (Å²) in [7, 11) is 1.55. The van der Waals surface area contributed by atoms with Gasteiger partial charge in [-0.05, 0) is 67.2 Å². The molecule has 150 valence electrons. The fourth-order valence-corrected chi connectivity index (χ4v) is 3.84. The minimum absolute atomic E-state index is 0.237. The van der Waals surface area contributed by atoms with Gasteiger partial charge in [0.1, 0.15) is 0 Å². The number of thiocarbonyl (C=S) groups is 1. The van der Waals surface area contributed by atoms with Crippen LogP contribution in [-0.4, -0.2) is 34.9 Å². The lowest BCUT2D eigenvalue weighted by Gasteiger charge is -2.15. The second-order valence-corrected chi connectivity index (χ2v) is 7.92. The number of rotatable bonds is 6. The summed E-state index contributed by atoms with van der Waals surface area (Å²) in [4.78, 5) is 25.5. The topological polar surface area (TPSA) is 67.9 Å². The van der Waals surface area contributed by atoms with Crippen molar-refractivity contribution in [2.45, 2.75) is 6.92 Å². The van der Waals surface area contributed by atoms with Gasteiger partial charge in [0.25, 0.3) is 11.8 Å². The third kappa shape index (κ3) is 4.90. The highest BCUT2D eigenvalue weighted by Crippen LogP contribution is 2.34. The van der Waals surface area contributed by atoms with E-state index in [2.05, 4.69) is 5.43 Å². The molecule has 0 bridgehead atoms. The predicted molar refractivity (Wildman–Crippen MR) is 118 cm³/mol. The maximum Gasteiger partial charge on any atom is 0.285 e. The lowest BCUT2D eigenvalue weighted by atomic mass is 10.2. The lowest BCUT2D eigenvalue weighted by Crippen LogP contribution is -2.44. The number of halogens is 1. The van der Waals surface area contributed by atoms with E-state index in [1.54, 1.807) is 49.6 Å². The first kappa shape index (κ1) is 21.2. The van der Waals surface area contributed by atoms with Crippen LogP contribution in [0.15, 0.2) is 47.4 Å². The van der Waals surface area contributed by atoms with Crippen LogP contribution in [0.25, 0.3) is 6.08 Å². The highest BCUT2D eigenvalue weighted by atomic mass is 35.5. The maximum atomic E-state index is 12.7. The number of nitrogens with one attached hydrogen (secondary N) is 1. The number of methoxy groups -OCH3 is 1. The molecule has 1 aliphatic rings. The van der Waals surface area contributed by atoms with E-state index in [-0.39, 0.29) is 4.32 Å². The average molecular weight is 449 g/mol. The molecule has 1 heterocycles. The van der Waals surface area contributed by atoms with Crippen molar-refractivity contribution in [2.24, 2.45) is 0 Å². The SMILES string of the molecule is CCOc1ccc(/C=C2\SC(=S)N(NC(=O)c3ccc(Cl)cc3)C2=O)cc1OC. The maximum absolute atomic E-state index is 12.7. The number of carbonyl (C=O) groups excluding carboxylic acids is 2. The highest BCUT2D eigenvalue weighted by Gasteiger charge is 2.33. The normalized spacial score (nSPS) is 15.0. The molecule has 2 aromatic carbocycles. The van der Waals surface area contributed by atoms with Gasteiger partial charge < -0.3 is 9.47 Å². The van der Waals surface area contributed by atoms with Crippen LogP contribution in [0.2, 0.25) is 5.02 Å².